The third-order valence-corrected chi connectivity index (χ3v) is 4.43. The molecule has 1 rings (SSSR count). The Hall–Kier alpha value is -1.20. The van der Waals surface area contributed by atoms with Crippen LogP contribution in [-0.2, 0) is 14.3 Å². The molecule has 106 valence electrons. The highest BCUT2D eigenvalue weighted by Crippen LogP contribution is 2.21. The van der Waals surface area contributed by atoms with E-state index in [-0.39, 0.29) is 5.82 Å². The molecule has 0 bridgehead atoms. The normalized spacial score (nSPS) is 13.1. The summed E-state index contributed by atoms with van der Waals surface area (Å²) >= 11 is 0. The summed E-state index contributed by atoms with van der Waals surface area (Å²) in [5.74, 6) is -0.795. The first-order valence-corrected chi connectivity index (χ1v) is 9.99. The van der Waals surface area contributed by atoms with Crippen LogP contribution in [0.4, 0.5) is 4.39 Å². The summed E-state index contributed by atoms with van der Waals surface area (Å²) in [5, 5.41) is 0. The number of esters is 1. The van der Waals surface area contributed by atoms with Gasteiger partial charge in [0.1, 0.15) is 5.82 Å². The maximum absolute atomic E-state index is 12.9. The molecule has 1 aromatic carbocycles. The molecule has 0 fully saturated rings. The zero-order valence-electron chi connectivity index (χ0n) is 11.9. The standard InChI is InChI=1S/C14H21FO3Si/c1-17-14(16)13(18-9-10-19(2,3)4)11-5-7-12(15)8-6-11/h5-8,13H,9-10H2,1-4H3/t13-/m0/s1. The van der Waals surface area contributed by atoms with Crippen molar-refractivity contribution >= 4 is 14.0 Å². The van der Waals surface area contributed by atoms with Crippen LogP contribution in [0.1, 0.15) is 11.7 Å². The van der Waals surface area contributed by atoms with E-state index >= 15 is 0 Å². The Bertz CT molecular complexity index is 412. The van der Waals surface area contributed by atoms with Gasteiger partial charge in [-0.25, -0.2) is 9.18 Å². The van der Waals surface area contributed by atoms with Gasteiger partial charge in [0.25, 0.3) is 0 Å². The number of rotatable bonds is 6. The lowest BCUT2D eigenvalue weighted by Crippen LogP contribution is -2.24. The highest BCUT2D eigenvalue weighted by atomic mass is 28.3. The second-order valence-corrected chi connectivity index (χ2v) is 11.3. The summed E-state index contributed by atoms with van der Waals surface area (Å²) in [5.41, 5.74) is 0.615. The van der Waals surface area contributed by atoms with Crippen molar-refractivity contribution in [3.8, 4) is 0 Å². The fourth-order valence-corrected chi connectivity index (χ4v) is 2.26. The van der Waals surface area contributed by atoms with Crippen molar-refractivity contribution in [2.75, 3.05) is 13.7 Å². The first-order chi connectivity index (χ1) is 8.83. The number of halogens is 1. The molecule has 0 saturated carbocycles. The molecule has 0 radical (unpaired) electrons. The van der Waals surface area contributed by atoms with Crippen LogP contribution < -0.4 is 0 Å². The SMILES string of the molecule is COC(=O)[C@@H](OCC[Si](C)(C)C)c1ccc(F)cc1. The smallest absolute Gasteiger partial charge is 0.339 e. The van der Waals surface area contributed by atoms with Gasteiger partial charge in [0.05, 0.1) is 7.11 Å². The number of hydrogen-bond acceptors (Lipinski definition) is 3. The third-order valence-electron chi connectivity index (χ3n) is 2.72. The van der Waals surface area contributed by atoms with Gasteiger partial charge in [0, 0.05) is 14.7 Å². The van der Waals surface area contributed by atoms with Crippen molar-refractivity contribution in [2.24, 2.45) is 0 Å². The van der Waals surface area contributed by atoms with E-state index in [2.05, 4.69) is 19.6 Å². The van der Waals surface area contributed by atoms with Crippen molar-refractivity contribution in [2.45, 2.75) is 31.8 Å². The molecule has 0 aromatic heterocycles. The van der Waals surface area contributed by atoms with Crippen LogP contribution in [-0.4, -0.2) is 27.8 Å². The zero-order valence-corrected chi connectivity index (χ0v) is 12.9. The van der Waals surface area contributed by atoms with Gasteiger partial charge >= 0.3 is 5.97 Å². The maximum Gasteiger partial charge on any atom is 0.339 e. The number of benzene rings is 1. The topological polar surface area (TPSA) is 35.5 Å². The van der Waals surface area contributed by atoms with Crippen LogP contribution in [0.3, 0.4) is 0 Å². The van der Waals surface area contributed by atoms with Crippen LogP contribution in [0.2, 0.25) is 25.7 Å². The molecule has 1 atom stereocenters. The van der Waals surface area contributed by atoms with Crippen LogP contribution in [0, 0.1) is 5.82 Å². The van der Waals surface area contributed by atoms with E-state index < -0.39 is 20.1 Å². The molecule has 1 aromatic rings. The molecule has 0 aliphatic rings. The van der Waals surface area contributed by atoms with Crippen molar-refractivity contribution < 1.29 is 18.7 Å². The Morgan fingerprint density at radius 2 is 1.84 bits per heavy atom. The summed E-state index contributed by atoms with van der Waals surface area (Å²) in [6.07, 6.45) is -0.776. The second kappa shape index (κ2) is 6.82. The summed E-state index contributed by atoms with van der Waals surface area (Å²) in [4.78, 5) is 11.7. The van der Waals surface area contributed by atoms with E-state index in [9.17, 15) is 9.18 Å². The zero-order chi connectivity index (χ0) is 14.5. The van der Waals surface area contributed by atoms with E-state index in [1.807, 2.05) is 0 Å². The van der Waals surface area contributed by atoms with E-state index in [4.69, 9.17) is 9.47 Å². The van der Waals surface area contributed by atoms with E-state index in [1.54, 1.807) is 12.1 Å². The Labute approximate surface area is 114 Å². The molecule has 0 spiro atoms. The third kappa shape index (κ3) is 5.53. The Morgan fingerprint density at radius 3 is 2.32 bits per heavy atom. The van der Waals surface area contributed by atoms with Crippen LogP contribution >= 0.6 is 0 Å². The van der Waals surface area contributed by atoms with E-state index in [0.29, 0.717) is 12.2 Å². The van der Waals surface area contributed by atoms with Gasteiger partial charge in [-0.1, -0.05) is 31.8 Å². The molecule has 0 amide bonds. The van der Waals surface area contributed by atoms with Gasteiger partial charge < -0.3 is 9.47 Å². The molecule has 0 aliphatic heterocycles. The van der Waals surface area contributed by atoms with Gasteiger partial charge in [-0.05, 0) is 23.7 Å². The lowest BCUT2D eigenvalue weighted by molar-refractivity contribution is -0.154. The van der Waals surface area contributed by atoms with Crippen LogP contribution in [0.25, 0.3) is 0 Å². The molecular weight excluding hydrogens is 263 g/mol. The minimum Gasteiger partial charge on any atom is -0.467 e. The van der Waals surface area contributed by atoms with Crippen molar-refractivity contribution in [1.29, 1.82) is 0 Å². The molecule has 19 heavy (non-hydrogen) atoms. The van der Waals surface area contributed by atoms with E-state index in [0.717, 1.165) is 6.04 Å². The van der Waals surface area contributed by atoms with Crippen molar-refractivity contribution in [3.63, 3.8) is 0 Å². The van der Waals surface area contributed by atoms with Gasteiger partial charge in [0.2, 0.25) is 0 Å². The van der Waals surface area contributed by atoms with Crippen LogP contribution in [0.15, 0.2) is 24.3 Å². The van der Waals surface area contributed by atoms with Gasteiger partial charge in [-0.3, -0.25) is 0 Å². The molecule has 0 heterocycles. The van der Waals surface area contributed by atoms with Crippen molar-refractivity contribution in [1.82, 2.24) is 0 Å². The Balaban J connectivity index is 2.73. The minimum atomic E-state index is -1.22. The molecule has 0 unspecified atom stereocenters. The predicted octanol–water partition coefficient (Wildman–Crippen LogP) is 3.39. The number of methoxy groups -OCH3 is 1. The largest absolute Gasteiger partial charge is 0.467 e. The first-order valence-electron chi connectivity index (χ1n) is 6.28. The lowest BCUT2D eigenvalue weighted by Gasteiger charge is -2.20. The quantitative estimate of drug-likeness (QED) is 0.593. The minimum absolute atomic E-state index is 0.338. The molecular formula is C14H21FO3Si. The number of hydrogen-bond donors (Lipinski definition) is 0. The summed E-state index contributed by atoms with van der Waals surface area (Å²) in [6.45, 7) is 7.22. The Morgan fingerprint density at radius 1 is 1.26 bits per heavy atom. The predicted molar refractivity (Wildman–Crippen MR) is 75.3 cm³/mol. The molecule has 5 heteroatoms. The fourth-order valence-electron chi connectivity index (χ4n) is 1.53. The maximum atomic E-state index is 12.9. The molecule has 3 nitrogen and oxygen atoms in total. The highest BCUT2D eigenvalue weighted by molar-refractivity contribution is 6.76. The average molecular weight is 284 g/mol. The number of carbonyl (C=O) groups is 1. The fraction of sp³-hybridized carbons (Fsp3) is 0.500. The first kappa shape index (κ1) is 15.9. The summed E-state index contributed by atoms with van der Waals surface area (Å²) in [7, 11) is 0.104. The summed E-state index contributed by atoms with van der Waals surface area (Å²) in [6, 6.07) is 6.68. The Kier molecular flexibility index (Phi) is 5.69. The molecule has 0 saturated heterocycles. The molecule has 0 aliphatic carbocycles. The number of carbonyl (C=O) groups excluding carboxylic acids is 1. The van der Waals surface area contributed by atoms with Crippen molar-refractivity contribution in [3.05, 3.63) is 35.6 Å². The van der Waals surface area contributed by atoms with Gasteiger partial charge in [-0.2, -0.15) is 0 Å². The monoisotopic (exact) mass is 284 g/mol. The summed E-state index contributed by atoms with van der Waals surface area (Å²) < 4.78 is 23.3. The second-order valence-electron chi connectivity index (χ2n) is 5.64. The van der Waals surface area contributed by atoms with Gasteiger partial charge in [0.15, 0.2) is 6.10 Å². The van der Waals surface area contributed by atoms with E-state index in [1.165, 1.54) is 19.2 Å². The lowest BCUT2D eigenvalue weighted by atomic mass is 10.1. The molecule has 0 N–H and O–H groups in total. The average Bonchev–Trinajstić information content (AvgIpc) is 2.34. The van der Waals surface area contributed by atoms with Crippen LogP contribution in [0.5, 0.6) is 0 Å². The number of ether oxygens (including phenoxy) is 2. The highest BCUT2D eigenvalue weighted by Gasteiger charge is 2.23. The van der Waals surface area contributed by atoms with Gasteiger partial charge in [-0.15, -0.1) is 0 Å².